The first kappa shape index (κ1) is 22.7. The standard InChI is InChI=1S/C17H32BrN3O2SSi/c1-8-9-14(20-24(22)17(2,3)4)16-19-15(18)12-21(16)13-23-10-11-25(5,6)7/h12H,8-11,13H2,1-7H3. The van der Waals surface area contributed by atoms with Gasteiger partial charge in [0.05, 0.1) is 10.5 Å². The van der Waals surface area contributed by atoms with Crippen molar-refractivity contribution in [3.63, 3.8) is 0 Å². The highest BCUT2D eigenvalue weighted by Crippen LogP contribution is 2.18. The normalized spacial score (nSPS) is 14.8. The average Bonchev–Trinajstić information content (AvgIpc) is 2.82. The monoisotopic (exact) mass is 449 g/mol. The van der Waals surface area contributed by atoms with Crippen LogP contribution in [0.4, 0.5) is 0 Å². The van der Waals surface area contributed by atoms with Gasteiger partial charge in [0.15, 0.2) is 5.82 Å². The Labute approximate surface area is 164 Å². The number of rotatable bonds is 9. The van der Waals surface area contributed by atoms with E-state index in [1.54, 1.807) is 0 Å². The smallest absolute Gasteiger partial charge is 0.158 e. The molecule has 0 aliphatic rings. The maximum atomic E-state index is 12.5. The SMILES string of the molecule is CCCC(=NS(=O)C(C)(C)C)c1nc(Br)cn1COCC[Si](C)(C)C. The molecule has 1 aromatic rings. The third kappa shape index (κ3) is 8.28. The van der Waals surface area contributed by atoms with Crippen LogP contribution in [0.25, 0.3) is 0 Å². The van der Waals surface area contributed by atoms with E-state index in [0.29, 0.717) is 6.73 Å². The van der Waals surface area contributed by atoms with Gasteiger partial charge in [0.1, 0.15) is 22.3 Å². The van der Waals surface area contributed by atoms with Crippen LogP contribution in [0.3, 0.4) is 0 Å². The summed E-state index contributed by atoms with van der Waals surface area (Å²) in [6, 6.07) is 1.13. The molecule has 144 valence electrons. The number of ether oxygens (including phenoxy) is 1. The lowest BCUT2D eigenvalue weighted by molar-refractivity contribution is 0.0867. The summed E-state index contributed by atoms with van der Waals surface area (Å²) < 4.78 is 25.1. The van der Waals surface area contributed by atoms with Crippen LogP contribution in [0.2, 0.25) is 25.7 Å². The molecule has 1 unspecified atom stereocenters. The van der Waals surface area contributed by atoms with Crippen molar-refractivity contribution in [1.82, 2.24) is 9.55 Å². The van der Waals surface area contributed by atoms with Gasteiger partial charge in [-0.15, -0.1) is 0 Å². The van der Waals surface area contributed by atoms with E-state index in [1.807, 2.05) is 31.5 Å². The van der Waals surface area contributed by atoms with Crippen molar-refractivity contribution < 1.29 is 8.95 Å². The van der Waals surface area contributed by atoms with E-state index in [2.05, 4.69) is 51.9 Å². The van der Waals surface area contributed by atoms with Gasteiger partial charge in [0, 0.05) is 20.9 Å². The molecule has 0 aliphatic heterocycles. The minimum absolute atomic E-state index is 0.387. The van der Waals surface area contributed by atoms with Crippen molar-refractivity contribution in [3.8, 4) is 0 Å². The third-order valence-electron chi connectivity index (χ3n) is 3.44. The summed E-state index contributed by atoms with van der Waals surface area (Å²) in [5.74, 6) is 0.735. The number of hydrogen-bond donors (Lipinski definition) is 0. The molecule has 0 N–H and O–H groups in total. The first-order valence-electron chi connectivity index (χ1n) is 8.74. The van der Waals surface area contributed by atoms with Gasteiger partial charge >= 0.3 is 0 Å². The minimum Gasteiger partial charge on any atom is -0.361 e. The number of halogens is 1. The van der Waals surface area contributed by atoms with Crippen LogP contribution in [0.5, 0.6) is 0 Å². The lowest BCUT2D eigenvalue weighted by Crippen LogP contribution is -2.23. The number of imidazole rings is 1. The average molecular weight is 451 g/mol. The van der Waals surface area contributed by atoms with E-state index in [0.717, 1.165) is 41.6 Å². The Morgan fingerprint density at radius 2 is 2.04 bits per heavy atom. The second-order valence-electron chi connectivity index (χ2n) is 8.35. The molecule has 0 bridgehead atoms. The number of aromatic nitrogens is 2. The zero-order valence-corrected chi connectivity index (χ0v) is 20.0. The number of hydrogen-bond acceptors (Lipinski definition) is 3. The molecule has 0 radical (unpaired) electrons. The molecule has 8 heteroatoms. The van der Waals surface area contributed by atoms with Crippen LogP contribution in [0.15, 0.2) is 15.2 Å². The second kappa shape index (κ2) is 9.57. The van der Waals surface area contributed by atoms with Crippen LogP contribution in [-0.4, -0.2) is 38.9 Å². The summed E-state index contributed by atoms with van der Waals surface area (Å²) in [5, 5.41) is 0. The van der Waals surface area contributed by atoms with Gasteiger partial charge in [-0.3, -0.25) is 0 Å². The van der Waals surface area contributed by atoms with E-state index in [9.17, 15) is 4.21 Å². The molecule has 0 fully saturated rings. The van der Waals surface area contributed by atoms with E-state index in [-0.39, 0.29) is 4.75 Å². The van der Waals surface area contributed by atoms with Gasteiger partial charge in [0.2, 0.25) is 0 Å². The van der Waals surface area contributed by atoms with Gasteiger partial charge in [0.25, 0.3) is 0 Å². The van der Waals surface area contributed by atoms with Crippen LogP contribution >= 0.6 is 15.9 Å². The largest absolute Gasteiger partial charge is 0.361 e. The Balaban J connectivity index is 2.97. The summed E-state index contributed by atoms with van der Waals surface area (Å²) in [5.41, 5.74) is 0.773. The molecular formula is C17H32BrN3O2SSi. The van der Waals surface area contributed by atoms with Crippen molar-refractivity contribution in [1.29, 1.82) is 0 Å². The van der Waals surface area contributed by atoms with Gasteiger partial charge in [-0.25, -0.2) is 9.19 Å². The van der Waals surface area contributed by atoms with Crippen LogP contribution < -0.4 is 0 Å². The molecule has 0 saturated carbocycles. The lowest BCUT2D eigenvalue weighted by Gasteiger charge is -2.17. The van der Waals surface area contributed by atoms with Crippen molar-refractivity contribution in [3.05, 3.63) is 16.6 Å². The summed E-state index contributed by atoms with van der Waals surface area (Å²) >= 11 is 3.44. The highest BCUT2D eigenvalue weighted by molar-refractivity contribution is 9.10. The molecule has 0 aromatic carbocycles. The lowest BCUT2D eigenvalue weighted by atomic mass is 10.2. The van der Waals surface area contributed by atoms with Crippen LogP contribution in [0, 0.1) is 0 Å². The Morgan fingerprint density at radius 3 is 2.56 bits per heavy atom. The second-order valence-corrected chi connectivity index (χ2v) is 16.7. The predicted octanol–water partition coefficient (Wildman–Crippen LogP) is 5.01. The Hall–Kier alpha value is -0.313. The fraction of sp³-hybridized carbons (Fsp3) is 0.765. The molecule has 1 aromatic heterocycles. The minimum atomic E-state index is -1.30. The maximum Gasteiger partial charge on any atom is 0.158 e. The molecule has 0 saturated heterocycles. The summed E-state index contributed by atoms with van der Waals surface area (Å²) in [6.07, 6.45) is 3.55. The first-order valence-corrected chi connectivity index (χ1v) is 14.3. The molecule has 0 aliphatic carbocycles. The van der Waals surface area contributed by atoms with Gasteiger partial charge in [-0.2, -0.15) is 4.40 Å². The van der Waals surface area contributed by atoms with Crippen molar-refractivity contribution >= 4 is 40.7 Å². The highest BCUT2D eigenvalue weighted by Gasteiger charge is 2.22. The summed E-state index contributed by atoms with van der Waals surface area (Å²) in [4.78, 5) is 4.54. The Kier molecular flexibility index (Phi) is 8.70. The predicted molar refractivity (Wildman–Crippen MR) is 113 cm³/mol. The van der Waals surface area contributed by atoms with Crippen molar-refractivity contribution in [2.75, 3.05) is 6.61 Å². The first-order chi connectivity index (χ1) is 11.4. The zero-order chi connectivity index (χ0) is 19.3. The van der Waals surface area contributed by atoms with E-state index >= 15 is 0 Å². The highest BCUT2D eigenvalue weighted by atomic mass is 79.9. The quantitative estimate of drug-likeness (QED) is 0.302. The molecule has 1 rings (SSSR count). The molecule has 5 nitrogen and oxygen atoms in total. The van der Waals surface area contributed by atoms with Crippen molar-refractivity contribution in [2.24, 2.45) is 4.40 Å². The Morgan fingerprint density at radius 1 is 1.40 bits per heavy atom. The summed E-state index contributed by atoms with van der Waals surface area (Å²) in [6.45, 7) is 16.1. The van der Waals surface area contributed by atoms with Crippen LogP contribution in [0.1, 0.15) is 46.4 Å². The Bertz CT molecular complexity index is 618. The molecule has 0 amide bonds. The zero-order valence-electron chi connectivity index (χ0n) is 16.6. The van der Waals surface area contributed by atoms with Gasteiger partial charge < -0.3 is 9.30 Å². The molecular weight excluding hydrogens is 418 g/mol. The molecule has 1 atom stereocenters. The van der Waals surface area contributed by atoms with E-state index in [4.69, 9.17) is 4.74 Å². The van der Waals surface area contributed by atoms with Crippen LogP contribution in [-0.2, 0) is 22.5 Å². The number of nitrogens with zero attached hydrogens (tertiary/aromatic N) is 3. The van der Waals surface area contributed by atoms with E-state index < -0.39 is 19.1 Å². The third-order valence-corrected chi connectivity index (χ3v) is 6.96. The fourth-order valence-electron chi connectivity index (χ4n) is 1.93. The molecule has 1 heterocycles. The van der Waals surface area contributed by atoms with Crippen molar-refractivity contribution in [2.45, 2.75) is 77.7 Å². The fourth-order valence-corrected chi connectivity index (χ4v) is 3.74. The maximum absolute atomic E-state index is 12.5. The summed E-state index contributed by atoms with van der Waals surface area (Å²) in [7, 11) is -2.41. The topological polar surface area (TPSA) is 56.5 Å². The van der Waals surface area contributed by atoms with Gasteiger partial charge in [-0.05, 0) is 49.2 Å². The van der Waals surface area contributed by atoms with E-state index in [1.165, 1.54) is 0 Å². The molecule has 0 spiro atoms. The molecule has 25 heavy (non-hydrogen) atoms. The van der Waals surface area contributed by atoms with Gasteiger partial charge in [-0.1, -0.05) is 33.0 Å².